The van der Waals surface area contributed by atoms with E-state index in [1.165, 1.54) is 0 Å². The van der Waals surface area contributed by atoms with Crippen LogP contribution in [0.15, 0.2) is 0 Å². The number of halogens is 3. The molecule has 1 atom stereocenters. The van der Waals surface area contributed by atoms with Gasteiger partial charge in [-0.3, -0.25) is 0 Å². The first-order valence-electron chi connectivity index (χ1n) is 3.99. The van der Waals surface area contributed by atoms with Crippen molar-refractivity contribution in [1.82, 2.24) is 5.32 Å². The molecule has 1 heterocycles. The van der Waals surface area contributed by atoms with Gasteiger partial charge in [0.15, 0.2) is 0 Å². The lowest BCUT2D eigenvalue weighted by molar-refractivity contribution is -0.0330. The van der Waals surface area contributed by atoms with Gasteiger partial charge in [-0.15, -0.1) is 0 Å². The van der Waals surface area contributed by atoms with Crippen LogP contribution in [0, 0.1) is 5.92 Å². The molecule has 0 aromatic carbocycles. The van der Waals surface area contributed by atoms with Crippen LogP contribution in [0.1, 0.15) is 12.8 Å². The molecule has 0 radical (unpaired) electrons. The normalized spacial score (nSPS) is 25.8. The van der Waals surface area contributed by atoms with Gasteiger partial charge in [0.05, 0.1) is 0 Å². The molecule has 0 aromatic heterocycles. The van der Waals surface area contributed by atoms with Crippen LogP contribution in [0.25, 0.3) is 0 Å². The van der Waals surface area contributed by atoms with Crippen molar-refractivity contribution in [1.29, 1.82) is 0 Å². The average Bonchev–Trinajstić information content (AvgIpc) is 2.02. The number of hydrogen-bond donors (Lipinski definition) is 1. The monoisotopic (exact) mass is 199 g/mol. The third kappa shape index (κ3) is 4.21. The lowest BCUT2D eigenvalue weighted by Crippen LogP contribution is -2.31. The fraction of sp³-hybridized carbons (Fsp3) is 1.00. The second kappa shape index (κ2) is 4.37. The Morgan fingerprint density at radius 2 is 2.17 bits per heavy atom. The summed E-state index contributed by atoms with van der Waals surface area (Å²) >= 11 is 0.100. The van der Waals surface area contributed by atoms with E-state index < -0.39 is 5.51 Å². The van der Waals surface area contributed by atoms with Crippen molar-refractivity contribution in [3.05, 3.63) is 0 Å². The maximum Gasteiger partial charge on any atom is 0.441 e. The Morgan fingerprint density at radius 1 is 1.42 bits per heavy atom. The maximum atomic E-state index is 11.8. The van der Waals surface area contributed by atoms with E-state index in [0.29, 0.717) is 0 Å². The van der Waals surface area contributed by atoms with Crippen LogP contribution in [-0.2, 0) is 0 Å². The molecule has 1 aliphatic rings. The van der Waals surface area contributed by atoms with Crippen molar-refractivity contribution in [3.63, 3.8) is 0 Å². The van der Waals surface area contributed by atoms with Crippen LogP contribution in [-0.4, -0.2) is 24.4 Å². The molecule has 1 aliphatic heterocycles. The van der Waals surface area contributed by atoms with Crippen molar-refractivity contribution in [2.24, 2.45) is 5.92 Å². The smallest absolute Gasteiger partial charge is 0.316 e. The molecule has 1 nitrogen and oxygen atoms in total. The molecule has 1 unspecified atom stereocenters. The molecule has 5 heteroatoms. The third-order valence-corrected chi connectivity index (χ3v) is 2.85. The van der Waals surface area contributed by atoms with Crippen molar-refractivity contribution < 1.29 is 13.2 Å². The van der Waals surface area contributed by atoms with E-state index in [1.807, 2.05) is 0 Å². The first kappa shape index (κ1) is 10.2. The molecule has 0 amide bonds. The van der Waals surface area contributed by atoms with E-state index >= 15 is 0 Å². The van der Waals surface area contributed by atoms with Gasteiger partial charge in [-0.25, -0.2) is 0 Å². The van der Waals surface area contributed by atoms with Gasteiger partial charge in [-0.1, -0.05) is 11.8 Å². The summed E-state index contributed by atoms with van der Waals surface area (Å²) in [7, 11) is 0. The molecule has 1 fully saturated rings. The van der Waals surface area contributed by atoms with Crippen molar-refractivity contribution in [3.8, 4) is 0 Å². The Hall–Kier alpha value is 0.1000. The Kier molecular flexibility index (Phi) is 3.71. The van der Waals surface area contributed by atoms with Crippen LogP contribution in [0.2, 0.25) is 0 Å². The van der Waals surface area contributed by atoms with Gasteiger partial charge < -0.3 is 5.32 Å². The maximum absolute atomic E-state index is 11.8. The van der Waals surface area contributed by atoms with E-state index in [1.54, 1.807) is 0 Å². The molecule has 72 valence electrons. The van der Waals surface area contributed by atoms with Gasteiger partial charge in [0.2, 0.25) is 0 Å². The standard InChI is InChI=1S/C7H12F3NS/c8-7(9,10)12-5-6-2-1-3-11-4-6/h6,11H,1-5H2. The van der Waals surface area contributed by atoms with Gasteiger partial charge in [0.1, 0.15) is 0 Å². The van der Waals surface area contributed by atoms with Crippen molar-refractivity contribution >= 4 is 11.8 Å². The lowest BCUT2D eigenvalue weighted by Gasteiger charge is -2.22. The van der Waals surface area contributed by atoms with E-state index in [2.05, 4.69) is 5.32 Å². The molecule has 0 bridgehead atoms. The summed E-state index contributed by atoms with van der Waals surface area (Å²) in [6, 6.07) is 0. The minimum absolute atomic E-state index is 0.100. The summed E-state index contributed by atoms with van der Waals surface area (Å²) in [5, 5.41) is 3.09. The zero-order chi connectivity index (χ0) is 9.03. The number of alkyl halides is 3. The summed E-state index contributed by atoms with van der Waals surface area (Å²) < 4.78 is 35.3. The molecule has 1 N–H and O–H groups in total. The number of nitrogens with one attached hydrogen (secondary N) is 1. The Labute approximate surface area is 74.1 Å². The predicted molar refractivity (Wildman–Crippen MR) is 44.1 cm³/mol. The minimum atomic E-state index is -4.06. The lowest BCUT2D eigenvalue weighted by atomic mass is 10.0. The Bertz CT molecular complexity index is 131. The average molecular weight is 199 g/mol. The number of hydrogen-bond acceptors (Lipinski definition) is 2. The molecule has 0 spiro atoms. The predicted octanol–water partition coefficient (Wildman–Crippen LogP) is 2.24. The molecule has 0 aliphatic carbocycles. The van der Waals surface area contributed by atoms with E-state index in [9.17, 15) is 13.2 Å². The summed E-state index contributed by atoms with van der Waals surface area (Å²) in [6.07, 6.45) is 1.93. The molecule has 1 saturated heterocycles. The highest BCUT2D eigenvalue weighted by atomic mass is 32.2. The second-order valence-corrected chi connectivity index (χ2v) is 4.05. The molecular formula is C7H12F3NS. The number of piperidine rings is 1. The highest BCUT2D eigenvalue weighted by Gasteiger charge is 2.29. The van der Waals surface area contributed by atoms with Gasteiger partial charge in [-0.2, -0.15) is 13.2 Å². The molecule has 0 saturated carbocycles. The molecule has 0 aromatic rings. The van der Waals surface area contributed by atoms with Crippen LogP contribution in [0.4, 0.5) is 13.2 Å². The Morgan fingerprint density at radius 3 is 2.67 bits per heavy atom. The fourth-order valence-corrected chi connectivity index (χ4v) is 1.99. The quantitative estimate of drug-likeness (QED) is 0.732. The second-order valence-electron chi connectivity index (χ2n) is 2.97. The highest BCUT2D eigenvalue weighted by Crippen LogP contribution is 2.32. The van der Waals surface area contributed by atoms with Crippen molar-refractivity contribution in [2.75, 3.05) is 18.8 Å². The summed E-state index contributed by atoms with van der Waals surface area (Å²) in [5.41, 5.74) is -4.06. The SMILES string of the molecule is FC(F)(F)SCC1CCCNC1. The third-order valence-electron chi connectivity index (χ3n) is 1.88. The van der Waals surface area contributed by atoms with Gasteiger partial charge in [-0.05, 0) is 31.8 Å². The Balaban J connectivity index is 2.13. The topological polar surface area (TPSA) is 12.0 Å². The summed E-state index contributed by atoms with van der Waals surface area (Å²) in [6.45, 7) is 1.69. The summed E-state index contributed by atoms with van der Waals surface area (Å²) in [4.78, 5) is 0. The molecular weight excluding hydrogens is 187 g/mol. The van der Waals surface area contributed by atoms with Gasteiger partial charge in [0.25, 0.3) is 0 Å². The number of thioether (sulfide) groups is 1. The largest absolute Gasteiger partial charge is 0.441 e. The van der Waals surface area contributed by atoms with Gasteiger partial charge in [0, 0.05) is 5.75 Å². The summed E-state index contributed by atoms with van der Waals surface area (Å²) in [5.74, 6) is 0.404. The molecule has 12 heavy (non-hydrogen) atoms. The van der Waals surface area contributed by atoms with Crippen molar-refractivity contribution in [2.45, 2.75) is 18.3 Å². The molecule has 1 rings (SSSR count). The zero-order valence-corrected chi connectivity index (χ0v) is 7.47. The van der Waals surface area contributed by atoms with Crippen LogP contribution >= 0.6 is 11.8 Å². The van der Waals surface area contributed by atoms with Gasteiger partial charge >= 0.3 is 5.51 Å². The van der Waals surface area contributed by atoms with Crippen LogP contribution < -0.4 is 5.32 Å². The van der Waals surface area contributed by atoms with Crippen LogP contribution in [0.5, 0.6) is 0 Å². The van der Waals surface area contributed by atoms with Crippen LogP contribution in [0.3, 0.4) is 0 Å². The minimum Gasteiger partial charge on any atom is -0.316 e. The highest BCUT2D eigenvalue weighted by molar-refractivity contribution is 8.00. The number of rotatable bonds is 2. The first-order chi connectivity index (χ1) is 5.58. The van der Waals surface area contributed by atoms with E-state index in [4.69, 9.17) is 0 Å². The zero-order valence-electron chi connectivity index (χ0n) is 6.66. The van der Waals surface area contributed by atoms with E-state index in [-0.39, 0.29) is 23.4 Å². The van der Waals surface area contributed by atoms with E-state index in [0.717, 1.165) is 25.9 Å². The first-order valence-corrected chi connectivity index (χ1v) is 4.98. The fourth-order valence-electron chi connectivity index (χ4n) is 1.28.